The van der Waals surface area contributed by atoms with E-state index in [1.165, 1.54) is 12.3 Å². The molecule has 5 nitrogen and oxygen atoms in total. The summed E-state index contributed by atoms with van der Waals surface area (Å²) in [4.78, 5) is 2.88. The van der Waals surface area contributed by atoms with Crippen molar-refractivity contribution in [1.29, 1.82) is 0 Å². The number of anilines is 1. The maximum Gasteiger partial charge on any atom is 0.387 e. The maximum absolute atomic E-state index is 14.6. The largest absolute Gasteiger partial charge is 0.435 e. The molecule has 0 saturated heterocycles. The van der Waals surface area contributed by atoms with Crippen molar-refractivity contribution in [2.75, 3.05) is 5.32 Å². The minimum absolute atomic E-state index is 0.0223. The van der Waals surface area contributed by atoms with Gasteiger partial charge in [0.05, 0.1) is 16.8 Å². The van der Waals surface area contributed by atoms with Crippen LogP contribution in [0.15, 0.2) is 44.9 Å². The second kappa shape index (κ2) is 8.78. The first kappa shape index (κ1) is 22.3. The van der Waals surface area contributed by atoms with Gasteiger partial charge in [-0.25, -0.2) is 22.2 Å². The molecule has 3 rings (SSSR count). The van der Waals surface area contributed by atoms with E-state index >= 15 is 0 Å². The van der Waals surface area contributed by atoms with Gasteiger partial charge in [-0.2, -0.15) is 8.78 Å². The van der Waals surface area contributed by atoms with E-state index < -0.39 is 39.0 Å². The molecule has 2 aromatic carbocycles. The normalized spacial score (nSPS) is 12.8. The molecule has 0 unspecified atom stereocenters. The van der Waals surface area contributed by atoms with Crippen molar-refractivity contribution >= 4 is 38.5 Å². The quantitative estimate of drug-likeness (QED) is 0.454. The zero-order valence-electron chi connectivity index (χ0n) is 15.0. The molecule has 30 heavy (non-hydrogen) atoms. The molecule has 3 aromatic rings. The summed E-state index contributed by atoms with van der Waals surface area (Å²) in [6.45, 7) is -1.60. The van der Waals surface area contributed by atoms with E-state index in [0.717, 1.165) is 41.7 Å². The van der Waals surface area contributed by atoms with E-state index in [4.69, 9.17) is 11.6 Å². The average Bonchev–Trinajstić information content (AvgIpc) is 3.21. The lowest BCUT2D eigenvalue weighted by Crippen LogP contribution is -2.11. The Kier molecular flexibility index (Phi) is 6.53. The van der Waals surface area contributed by atoms with Crippen LogP contribution in [0, 0.1) is 17.8 Å². The second-order valence-corrected chi connectivity index (χ2v) is 9.29. The van der Waals surface area contributed by atoms with Crippen LogP contribution in [0.2, 0.25) is 5.02 Å². The topological polar surface area (TPSA) is 68.3 Å². The van der Waals surface area contributed by atoms with Gasteiger partial charge in [0.1, 0.15) is 28.5 Å². The number of hydrogen-bond donors (Lipinski definition) is 1. The fourth-order valence-corrected chi connectivity index (χ4v) is 5.05. The van der Waals surface area contributed by atoms with Crippen LogP contribution in [0.4, 0.5) is 23.2 Å². The molecule has 0 aliphatic rings. The smallest absolute Gasteiger partial charge is 0.387 e. The predicted molar refractivity (Wildman–Crippen MR) is 103 cm³/mol. The molecule has 1 atom stereocenters. The monoisotopic (exact) mass is 479 g/mol. The number of sulfone groups is 1. The van der Waals surface area contributed by atoms with Gasteiger partial charge in [-0.1, -0.05) is 11.6 Å². The van der Waals surface area contributed by atoms with Gasteiger partial charge in [0.25, 0.3) is 0 Å². The summed E-state index contributed by atoms with van der Waals surface area (Å²) in [6, 6.07) is 3.98. The molecule has 159 valence electrons. The summed E-state index contributed by atoms with van der Waals surface area (Å²) in [7, 11) is -4.23. The van der Waals surface area contributed by atoms with E-state index in [9.17, 15) is 26.0 Å². The van der Waals surface area contributed by atoms with Gasteiger partial charge in [0, 0.05) is 10.9 Å². The van der Waals surface area contributed by atoms with Crippen LogP contribution in [-0.2, 0) is 9.84 Å². The first-order valence-corrected chi connectivity index (χ1v) is 10.9. The summed E-state index contributed by atoms with van der Waals surface area (Å²) in [5, 5.41) is 3.89. The van der Waals surface area contributed by atoms with Crippen LogP contribution in [0.1, 0.15) is 18.5 Å². The standard InChI is InChI=1S/C18H12ClF4N2O3S2/c1-9(11-6-10(28-17(22)23)2-3-13(11)20)25-15-8-14(21)16(7-12(15)19)30(26,27)18-24-4-5-29-18/h2-3,5-9,17,25H,1H3/t9-/m0/s1. The Hall–Kier alpha value is -2.37. The number of aromatic nitrogens is 1. The minimum atomic E-state index is -4.23. The second-order valence-electron chi connectivity index (χ2n) is 5.94. The third-order valence-electron chi connectivity index (χ3n) is 3.94. The van der Waals surface area contributed by atoms with Gasteiger partial charge in [-0.05, 0) is 37.3 Å². The highest BCUT2D eigenvalue weighted by Crippen LogP contribution is 2.34. The molecule has 1 N–H and O–H groups in total. The number of thiazole rings is 1. The summed E-state index contributed by atoms with van der Waals surface area (Å²) >= 11 is 6.88. The highest BCUT2D eigenvalue weighted by atomic mass is 35.5. The van der Waals surface area contributed by atoms with Crippen molar-refractivity contribution < 1.29 is 30.7 Å². The van der Waals surface area contributed by atoms with Crippen molar-refractivity contribution in [2.45, 2.75) is 28.8 Å². The predicted octanol–water partition coefficient (Wildman–Crippen LogP) is 5.48. The summed E-state index contributed by atoms with van der Waals surface area (Å²) in [5.74, 6) is -2.07. The molecular weight excluding hydrogens is 468 g/mol. The fraction of sp³-hybridized carbons (Fsp3) is 0.167. The molecule has 1 aromatic heterocycles. The third-order valence-corrected chi connectivity index (χ3v) is 7.16. The van der Waals surface area contributed by atoms with Gasteiger partial charge in [-0.3, -0.25) is 0 Å². The minimum Gasteiger partial charge on any atom is -0.435 e. The number of rotatable bonds is 7. The number of nitrogens with one attached hydrogen (secondary N) is 1. The zero-order chi connectivity index (χ0) is 22.1. The Labute approximate surface area is 178 Å². The number of halogens is 5. The highest BCUT2D eigenvalue weighted by Gasteiger charge is 2.26. The molecular formula is C18H12ClF4N2O3S2. The molecule has 1 radical (unpaired) electrons. The first-order chi connectivity index (χ1) is 14.1. The summed E-state index contributed by atoms with van der Waals surface area (Å²) < 4.78 is 82.4. The fourth-order valence-electron chi connectivity index (χ4n) is 2.59. The van der Waals surface area contributed by atoms with Crippen molar-refractivity contribution in [3.8, 4) is 5.75 Å². The van der Waals surface area contributed by atoms with Crippen LogP contribution in [-0.4, -0.2) is 20.0 Å². The van der Waals surface area contributed by atoms with Crippen LogP contribution in [0.5, 0.6) is 5.75 Å². The number of hydrogen-bond acceptors (Lipinski definition) is 6. The van der Waals surface area contributed by atoms with Crippen molar-refractivity contribution in [3.05, 3.63) is 64.1 Å². The molecule has 0 amide bonds. The molecule has 0 bridgehead atoms. The molecule has 0 fully saturated rings. The van der Waals surface area contributed by atoms with E-state index in [1.807, 2.05) is 0 Å². The maximum atomic E-state index is 14.6. The number of nitrogens with zero attached hydrogens (tertiary/aromatic N) is 1. The van der Waals surface area contributed by atoms with E-state index in [-0.39, 0.29) is 26.4 Å². The molecule has 12 heteroatoms. The van der Waals surface area contributed by atoms with Crippen LogP contribution in [0.25, 0.3) is 0 Å². The summed E-state index contributed by atoms with van der Waals surface area (Å²) in [6.07, 6.45) is 2.35. The molecule has 0 spiro atoms. The number of alkyl halides is 2. The van der Waals surface area contributed by atoms with Crippen molar-refractivity contribution in [1.82, 2.24) is 4.98 Å². The van der Waals surface area contributed by atoms with E-state index in [2.05, 4.69) is 21.2 Å². The molecule has 0 aliphatic heterocycles. The lowest BCUT2D eigenvalue weighted by atomic mass is 10.1. The lowest BCUT2D eigenvalue weighted by Gasteiger charge is -2.19. The SMILES string of the molecule is C[C@H](Nc1cc(F)c(S(=O)(=O)c2n[c]cs2)cc1Cl)c1cc(OC(F)F)ccc1F. The molecule has 1 heterocycles. The van der Waals surface area contributed by atoms with Crippen LogP contribution < -0.4 is 10.1 Å². The van der Waals surface area contributed by atoms with Gasteiger partial charge >= 0.3 is 6.61 Å². The number of benzene rings is 2. The lowest BCUT2D eigenvalue weighted by molar-refractivity contribution is -0.0499. The molecule has 0 saturated carbocycles. The first-order valence-electron chi connectivity index (χ1n) is 8.16. The van der Waals surface area contributed by atoms with E-state index in [1.54, 1.807) is 0 Å². The van der Waals surface area contributed by atoms with Gasteiger partial charge in [0.2, 0.25) is 14.2 Å². The van der Waals surface area contributed by atoms with Crippen LogP contribution in [0.3, 0.4) is 0 Å². The summed E-state index contributed by atoms with van der Waals surface area (Å²) in [5.41, 5.74) is -0.0643. The third kappa shape index (κ3) is 4.68. The Morgan fingerprint density at radius 3 is 2.57 bits per heavy atom. The number of ether oxygens (including phenoxy) is 1. The van der Waals surface area contributed by atoms with Crippen molar-refractivity contribution in [3.63, 3.8) is 0 Å². The van der Waals surface area contributed by atoms with Crippen molar-refractivity contribution in [2.24, 2.45) is 0 Å². The van der Waals surface area contributed by atoms with Gasteiger partial charge in [0.15, 0.2) is 0 Å². The Morgan fingerprint density at radius 2 is 1.93 bits per heavy atom. The van der Waals surface area contributed by atoms with Crippen LogP contribution >= 0.6 is 22.9 Å². The Balaban J connectivity index is 1.90. The van der Waals surface area contributed by atoms with Gasteiger partial charge < -0.3 is 10.1 Å². The van der Waals surface area contributed by atoms with E-state index in [0.29, 0.717) is 0 Å². The Bertz CT molecular complexity index is 1160. The van der Waals surface area contributed by atoms with Gasteiger partial charge in [-0.15, -0.1) is 11.3 Å². The zero-order valence-corrected chi connectivity index (χ0v) is 17.4. The Morgan fingerprint density at radius 1 is 1.20 bits per heavy atom. The average molecular weight is 480 g/mol. The highest BCUT2D eigenvalue weighted by molar-refractivity contribution is 7.93. The molecule has 0 aliphatic carbocycles.